The van der Waals surface area contributed by atoms with Crippen molar-refractivity contribution in [2.45, 2.75) is 82.4 Å². The fourth-order valence-corrected chi connectivity index (χ4v) is 5.58. The molecule has 1 aromatic carbocycles. The fourth-order valence-electron chi connectivity index (χ4n) is 5.40. The van der Waals surface area contributed by atoms with Crippen LogP contribution in [0.4, 0.5) is 0 Å². The lowest BCUT2D eigenvalue weighted by atomic mass is 9.89. The van der Waals surface area contributed by atoms with E-state index in [1.54, 1.807) is 35.8 Å². The van der Waals surface area contributed by atoms with Crippen molar-refractivity contribution in [3.05, 3.63) is 53.7 Å². The van der Waals surface area contributed by atoms with E-state index in [0.29, 0.717) is 16.7 Å². The summed E-state index contributed by atoms with van der Waals surface area (Å²) in [5.74, 6) is -2.42. The molecule has 4 unspecified atom stereocenters. The molecular formula is C26H29ClN4O7. The number of carbonyl (C=O) groups is 1. The molecule has 0 radical (unpaired) electrons. The summed E-state index contributed by atoms with van der Waals surface area (Å²) in [6.07, 6.45) is -0.720. The number of halogens is 1. The van der Waals surface area contributed by atoms with Crippen molar-refractivity contribution in [3.8, 4) is 0 Å². The van der Waals surface area contributed by atoms with E-state index in [1.165, 1.54) is 12.7 Å². The first-order valence-corrected chi connectivity index (χ1v) is 12.8. The van der Waals surface area contributed by atoms with Gasteiger partial charge in [0.1, 0.15) is 36.3 Å². The summed E-state index contributed by atoms with van der Waals surface area (Å²) in [6, 6.07) is 8.74. The van der Waals surface area contributed by atoms with Crippen LogP contribution in [0.25, 0.3) is 11.2 Å². The number of esters is 1. The minimum Gasteiger partial charge on any atom is -0.448 e. The highest BCUT2D eigenvalue weighted by molar-refractivity contribution is 6.33. The highest BCUT2D eigenvalue weighted by atomic mass is 35.5. The van der Waals surface area contributed by atoms with Gasteiger partial charge in [-0.3, -0.25) is 4.57 Å². The van der Waals surface area contributed by atoms with E-state index >= 15 is 0 Å². The Bertz CT molecular complexity index is 1370. The van der Waals surface area contributed by atoms with Gasteiger partial charge in [-0.05, 0) is 46.8 Å². The molecule has 0 amide bonds. The van der Waals surface area contributed by atoms with Crippen LogP contribution in [0.5, 0.6) is 0 Å². The molecule has 0 spiro atoms. The van der Waals surface area contributed by atoms with Crippen molar-refractivity contribution in [1.82, 2.24) is 19.5 Å². The maximum atomic E-state index is 13.5. The first kappa shape index (κ1) is 25.6. The van der Waals surface area contributed by atoms with Crippen LogP contribution in [0.15, 0.2) is 43.0 Å². The summed E-state index contributed by atoms with van der Waals surface area (Å²) < 4.78 is 39.9. The van der Waals surface area contributed by atoms with Gasteiger partial charge in [0.05, 0.1) is 18.5 Å². The standard InChI is InChI=1S/C26H29ClN4O7/c1-24(2)33-11-15-17(35-24)18-19(37-25(3,4)36-18)26(5,38-22(32)14-9-7-6-8-10-14)23(34-15)31-13-30-16-20(27)28-12-29-21(16)31/h6-10,12-13,15,17-19,23H,11H2,1-5H3/t15?,17-,18?,19?,23?,26-/m1/s1. The van der Waals surface area contributed by atoms with Crippen molar-refractivity contribution in [1.29, 1.82) is 0 Å². The number of hydrogen-bond donors (Lipinski definition) is 0. The third kappa shape index (κ3) is 4.27. The normalized spacial score (nSPS) is 33.8. The molecule has 6 atom stereocenters. The Labute approximate surface area is 224 Å². The van der Waals surface area contributed by atoms with Crippen LogP contribution in [-0.4, -0.2) is 73.7 Å². The van der Waals surface area contributed by atoms with Crippen LogP contribution >= 0.6 is 11.6 Å². The third-order valence-electron chi connectivity index (χ3n) is 7.08. The second kappa shape index (κ2) is 8.94. The van der Waals surface area contributed by atoms with Gasteiger partial charge in [-0.2, -0.15) is 0 Å². The highest BCUT2D eigenvalue weighted by Gasteiger charge is 2.65. The van der Waals surface area contributed by atoms with Crippen molar-refractivity contribution in [2.75, 3.05) is 6.61 Å². The summed E-state index contributed by atoms with van der Waals surface area (Å²) in [4.78, 5) is 26.4. The highest BCUT2D eigenvalue weighted by Crippen LogP contribution is 2.49. The number of benzene rings is 1. The zero-order chi connectivity index (χ0) is 26.9. The van der Waals surface area contributed by atoms with E-state index in [1.807, 2.05) is 33.8 Å². The summed E-state index contributed by atoms with van der Waals surface area (Å²) >= 11 is 6.31. The van der Waals surface area contributed by atoms with Crippen LogP contribution in [0.3, 0.4) is 0 Å². The monoisotopic (exact) mass is 544 g/mol. The maximum absolute atomic E-state index is 13.5. The molecule has 3 aromatic rings. The first-order chi connectivity index (χ1) is 18.0. The van der Waals surface area contributed by atoms with Crippen molar-refractivity contribution < 1.29 is 33.2 Å². The summed E-state index contributed by atoms with van der Waals surface area (Å²) in [7, 11) is 0. The number of nitrogens with zero attached hydrogens (tertiary/aromatic N) is 4. The van der Waals surface area contributed by atoms with Crippen molar-refractivity contribution in [2.24, 2.45) is 0 Å². The van der Waals surface area contributed by atoms with Gasteiger partial charge in [-0.15, -0.1) is 0 Å². The van der Waals surface area contributed by atoms with Crippen molar-refractivity contribution in [3.63, 3.8) is 0 Å². The lowest BCUT2D eigenvalue weighted by Gasteiger charge is -2.42. The van der Waals surface area contributed by atoms with E-state index in [2.05, 4.69) is 15.0 Å². The van der Waals surface area contributed by atoms with Gasteiger partial charge in [0.2, 0.25) is 0 Å². The number of rotatable bonds is 3. The molecule has 5 heterocycles. The smallest absolute Gasteiger partial charge is 0.338 e. The quantitative estimate of drug-likeness (QED) is 0.357. The van der Waals surface area contributed by atoms with Gasteiger partial charge < -0.3 is 28.4 Å². The molecule has 38 heavy (non-hydrogen) atoms. The van der Waals surface area contributed by atoms with E-state index in [4.69, 9.17) is 40.0 Å². The van der Waals surface area contributed by atoms with Crippen LogP contribution in [0.2, 0.25) is 5.15 Å². The SMILES string of the molecule is CC1(C)OC2C(O1)[C@@](C)(OC(=O)c1ccccc1)C(n1cnc3c(Cl)ncnc31)OC1COC(C)(C)O[C@H]12. The fraction of sp³-hybridized carbons (Fsp3) is 0.538. The predicted octanol–water partition coefficient (Wildman–Crippen LogP) is 3.66. The predicted molar refractivity (Wildman–Crippen MR) is 133 cm³/mol. The zero-order valence-corrected chi connectivity index (χ0v) is 22.4. The molecule has 0 N–H and O–H groups in total. The molecule has 0 saturated carbocycles. The molecule has 2 aromatic heterocycles. The zero-order valence-electron chi connectivity index (χ0n) is 21.7. The Hall–Kier alpha value is -2.67. The molecule has 3 fully saturated rings. The van der Waals surface area contributed by atoms with Gasteiger partial charge in [0.15, 0.2) is 34.2 Å². The number of aromatic nitrogens is 4. The maximum Gasteiger partial charge on any atom is 0.338 e. The summed E-state index contributed by atoms with van der Waals surface area (Å²) in [6.45, 7) is 9.27. The summed E-state index contributed by atoms with van der Waals surface area (Å²) in [5.41, 5.74) is -0.275. The Morgan fingerprint density at radius 1 is 1.00 bits per heavy atom. The largest absolute Gasteiger partial charge is 0.448 e. The molecule has 202 valence electrons. The molecule has 3 saturated heterocycles. The van der Waals surface area contributed by atoms with Gasteiger partial charge in [0.25, 0.3) is 0 Å². The molecule has 3 aliphatic heterocycles. The van der Waals surface area contributed by atoms with Gasteiger partial charge in [0, 0.05) is 0 Å². The Morgan fingerprint density at radius 2 is 1.74 bits per heavy atom. The van der Waals surface area contributed by atoms with Crippen LogP contribution in [0, 0.1) is 0 Å². The Morgan fingerprint density at radius 3 is 2.50 bits per heavy atom. The van der Waals surface area contributed by atoms with Crippen LogP contribution in [0.1, 0.15) is 51.2 Å². The average molecular weight is 545 g/mol. The second-order valence-corrected chi connectivity index (χ2v) is 11.1. The minimum absolute atomic E-state index is 0.189. The Kier molecular flexibility index (Phi) is 6.02. The van der Waals surface area contributed by atoms with Gasteiger partial charge in [-0.1, -0.05) is 29.8 Å². The molecular weight excluding hydrogens is 516 g/mol. The van der Waals surface area contributed by atoms with Crippen LogP contribution < -0.4 is 0 Å². The lowest BCUT2D eigenvalue weighted by molar-refractivity contribution is -0.334. The third-order valence-corrected chi connectivity index (χ3v) is 7.36. The first-order valence-electron chi connectivity index (χ1n) is 12.4. The lowest BCUT2D eigenvalue weighted by Crippen LogP contribution is -2.57. The van der Waals surface area contributed by atoms with Gasteiger partial charge in [-0.25, -0.2) is 19.7 Å². The van der Waals surface area contributed by atoms with E-state index in [9.17, 15) is 4.79 Å². The van der Waals surface area contributed by atoms with E-state index in [-0.39, 0.29) is 11.8 Å². The molecule has 0 aliphatic carbocycles. The number of hydrogen-bond acceptors (Lipinski definition) is 10. The van der Waals surface area contributed by atoms with Gasteiger partial charge >= 0.3 is 5.97 Å². The molecule has 12 heteroatoms. The van der Waals surface area contributed by atoms with Crippen LogP contribution in [-0.2, 0) is 28.4 Å². The molecule has 6 rings (SSSR count). The summed E-state index contributed by atoms with van der Waals surface area (Å²) in [5, 5.41) is 0.189. The minimum atomic E-state index is -1.44. The number of fused-ring (bicyclic) bond motifs is 4. The second-order valence-electron chi connectivity index (χ2n) is 10.8. The molecule has 3 aliphatic rings. The van der Waals surface area contributed by atoms with E-state index in [0.717, 1.165) is 0 Å². The Balaban J connectivity index is 1.52. The number of imidazole rings is 1. The van der Waals surface area contributed by atoms with E-state index < -0.39 is 53.8 Å². The van der Waals surface area contributed by atoms with Crippen molar-refractivity contribution >= 4 is 28.7 Å². The molecule has 11 nitrogen and oxygen atoms in total. The topological polar surface area (TPSA) is 116 Å². The average Bonchev–Trinajstić information content (AvgIpc) is 3.43. The molecule has 0 bridgehead atoms. The number of ether oxygens (including phenoxy) is 6. The number of carbonyl (C=O) groups excluding carboxylic acids is 1.